The summed E-state index contributed by atoms with van der Waals surface area (Å²) in [6, 6.07) is 0. The van der Waals surface area contributed by atoms with Crippen LogP contribution in [0.25, 0.3) is 0 Å². The standard InChI is InChI=1S/C7H8N2/c8-5-6-3-1-2-4-7(6)9/h1-6,8-9H. The van der Waals surface area contributed by atoms with Gasteiger partial charge in [-0.05, 0) is 6.08 Å². The van der Waals surface area contributed by atoms with Gasteiger partial charge in [0.05, 0.1) is 5.92 Å². The predicted octanol–water partition coefficient (Wildman–Crippen LogP) is 1.40. The average Bonchev–Trinajstić information content (AvgIpc) is 1.89. The molecule has 0 fully saturated rings. The van der Waals surface area contributed by atoms with Crippen LogP contribution in [-0.2, 0) is 0 Å². The van der Waals surface area contributed by atoms with Crippen LogP contribution in [0.4, 0.5) is 0 Å². The number of rotatable bonds is 1. The molecule has 0 saturated heterocycles. The molecule has 0 aliphatic heterocycles. The van der Waals surface area contributed by atoms with E-state index < -0.39 is 0 Å². The van der Waals surface area contributed by atoms with Crippen molar-refractivity contribution in [2.75, 3.05) is 0 Å². The molecular formula is C7H8N2. The molecule has 0 aromatic carbocycles. The van der Waals surface area contributed by atoms with Crippen LogP contribution < -0.4 is 0 Å². The molecule has 0 spiro atoms. The van der Waals surface area contributed by atoms with E-state index in [-0.39, 0.29) is 5.92 Å². The van der Waals surface area contributed by atoms with Crippen molar-refractivity contribution in [2.45, 2.75) is 0 Å². The highest BCUT2D eigenvalue weighted by molar-refractivity contribution is 6.05. The number of allylic oxidation sites excluding steroid dienone is 4. The average molecular weight is 120 g/mol. The Labute approximate surface area is 53.9 Å². The summed E-state index contributed by atoms with van der Waals surface area (Å²) in [5.41, 5.74) is 0.493. The molecule has 0 aromatic heterocycles. The Kier molecular flexibility index (Phi) is 1.58. The van der Waals surface area contributed by atoms with Crippen molar-refractivity contribution < 1.29 is 0 Å². The molecular weight excluding hydrogens is 112 g/mol. The molecule has 0 amide bonds. The van der Waals surface area contributed by atoms with E-state index in [1.807, 2.05) is 18.2 Å². The van der Waals surface area contributed by atoms with Crippen molar-refractivity contribution in [3.8, 4) is 0 Å². The first-order valence-corrected chi connectivity index (χ1v) is 2.78. The van der Waals surface area contributed by atoms with Gasteiger partial charge in [-0.3, -0.25) is 0 Å². The van der Waals surface area contributed by atoms with Crippen molar-refractivity contribution in [1.82, 2.24) is 0 Å². The minimum Gasteiger partial charge on any atom is -0.312 e. The quantitative estimate of drug-likeness (QED) is 0.491. The first-order valence-electron chi connectivity index (χ1n) is 2.78. The lowest BCUT2D eigenvalue weighted by Crippen LogP contribution is -2.10. The second-order valence-electron chi connectivity index (χ2n) is 1.89. The van der Waals surface area contributed by atoms with E-state index >= 15 is 0 Å². The summed E-state index contributed by atoms with van der Waals surface area (Å²) in [5, 5.41) is 14.1. The van der Waals surface area contributed by atoms with Gasteiger partial charge in [0, 0.05) is 11.9 Å². The van der Waals surface area contributed by atoms with E-state index in [0.717, 1.165) is 0 Å². The van der Waals surface area contributed by atoms with Crippen molar-refractivity contribution in [2.24, 2.45) is 5.92 Å². The van der Waals surface area contributed by atoms with Gasteiger partial charge in [-0.1, -0.05) is 18.2 Å². The minimum atomic E-state index is -0.0880. The van der Waals surface area contributed by atoms with E-state index in [1.165, 1.54) is 6.21 Å². The fourth-order valence-corrected chi connectivity index (χ4v) is 0.703. The molecule has 9 heavy (non-hydrogen) atoms. The first kappa shape index (κ1) is 5.95. The Morgan fingerprint density at radius 3 is 2.67 bits per heavy atom. The molecule has 0 bridgehead atoms. The molecule has 2 nitrogen and oxygen atoms in total. The van der Waals surface area contributed by atoms with Gasteiger partial charge in [-0.15, -0.1) is 0 Å². The zero-order chi connectivity index (χ0) is 6.69. The van der Waals surface area contributed by atoms with E-state index in [4.69, 9.17) is 10.8 Å². The number of hydrogen-bond acceptors (Lipinski definition) is 2. The highest BCUT2D eigenvalue weighted by Crippen LogP contribution is 2.03. The largest absolute Gasteiger partial charge is 0.312 e. The van der Waals surface area contributed by atoms with Crippen molar-refractivity contribution in [3.63, 3.8) is 0 Å². The highest BCUT2D eigenvalue weighted by Gasteiger charge is 2.05. The monoisotopic (exact) mass is 120 g/mol. The lowest BCUT2D eigenvalue weighted by atomic mass is 10.0. The maximum Gasteiger partial charge on any atom is 0.0535 e. The number of nitrogens with one attached hydrogen (secondary N) is 2. The van der Waals surface area contributed by atoms with Crippen LogP contribution in [0.15, 0.2) is 24.3 Å². The van der Waals surface area contributed by atoms with Crippen LogP contribution in [0.1, 0.15) is 0 Å². The van der Waals surface area contributed by atoms with Crippen molar-refractivity contribution in [1.29, 1.82) is 10.8 Å². The van der Waals surface area contributed by atoms with Crippen LogP contribution in [-0.4, -0.2) is 11.9 Å². The lowest BCUT2D eigenvalue weighted by molar-refractivity contribution is 1.18. The van der Waals surface area contributed by atoms with Gasteiger partial charge in [0.2, 0.25) is 0 Å². The third-order valence-corrected chi connectivity index (χ3v) is 1.24. The molecule has 0 saturated carbocycles. The summed E-state index contributed by atoms with van der Waals surface area (Å²) in [6.07, 6.45) is 8.46. The molecule has 0 heterocycles. The lowest BCUT2D eigenvalue weighted by Gasteiger charge is -2.05. The Balaban J connectivity index is 2.77. The fraction of sp³-hybridized carbons (Fsp3) is 0.143. The molecule has 0 aromatic rings. The highest BCUT2D eigenvalue weighted by atomic mass is 14.5. The van der Waals surface area contributed by atoms with Gasteiger partial charge >= 0.3 is 0 Å². The van der Waals surface area contributed by atoms with Gasteiger partial charge in [0.15, 0.2) is 0 Å². The van der Waals surface area contributed by atoms with Crippen molar-refractivity contribution in [3.05, 3.63) is 24.3 Å². The number of hydrogen-bond donors (Lipinski definition) is 2. The predicted molar refractivity (Wildman–Crippen MR) is 38.3 cm³/mol. The molecule has 1 unspecified atom stereocenters. The van der Waals surface area contributed by atoms with Crippen LogP contribution in [0.5, 0.6) is 0 Å². The summed E-state index contributed by atoms with van der Waals surface area (Å²) in [4.78, 5) is 0. The van der Waals surface area contributed by atoms with Gasteiger partial charge < -0.3 is 10.8 Å². The van der Waals surface area contributed by atoms with Gasteiger partial charge in [-0.2, -0.15) is 0 Å². The Morgan fingerprint density at radius 2 is 2.22 bits per heavy atom. The summed E-state index contributed by atoms with van der Waals surface area (Å²) in [7, 11) is 0. The summed E-state index contributed by atoms with van der Waals surface area (Å²) in [5.74, 6) is -0.0880. The van der Waals surface area contributed by atoms with Gasteiger partial charge in [0.1, 0.15) is 0 Å². The summed E-state index contributed by atoms with van der Waals surface area (Å²) < 4.78 is 0. The molecule has 0 radical (unpaired) electrons. The molecule has 1 atom stereocenters. The zero-order valence-electron chi connectivity index (χ0n) is 4.96. The third kappa shape index (κ3) is 1.13. The second-order valence-corrected chi connectivity index (χ2v) is 1.89. The molecule has 1 aliphatic carbocycles. The second kappa shape index (κ2) is 2.40. The van der Waals surface area contributed by atoms with Crippen molar-refractivity contribution >= 4 is 11.9 Å². The Morgan fingerprint density at radius 1 is 1.44 bits per heavy atom. The Bertz CT molecular complexity index is 189. The third-order valence-electron chi connectivity index (χ3n) is 1.24. The molecule has 2 N–H and O–H groups in total. The van der Waals surface area contributed by atoms with E-state index in [1.54, 1.807) is 6.08 Å². The maximum absolute atomic E-state index is 7.26. The van der Waals surface area contributed by atoms with Crippen LogP contribution >= 0.6 is 0 Å². The summed E-state index contributed by atoms with van der Waals surface area (Å²) >= 11 is 0. The molecule has 2 heteroatoms. The van der Waals surface area contributed by atoms with Gasteiger partial charge in [-0.25, -0.2) is 0 Å². The van der Waals surface area contributed by atoms with Crippen LogP contribution in [0, 0.1) is 16.7 Å². The van der Waals surface area contributed by atoms with E-state index in [2.05, 4.69) is 0 Å². The fourth-order valence-electron chi connectivity index (χ4n) is 0.703. The van der Waals surface area contributed by atoms with E-state index in [9.17, 15) is 0 Å². The smallest absolute Gasteiger partial charge is 0.0535 e. The van der Waals surface area contributed by atoms with Crippen LogP contribution in [0.2, 0.25) is 0 Å². The molecule has 1 aliphatic rings. The normalized spacial score (nSPS) is 24.4. The first-order chi connectivity index (χ1) is 4.34. The van der Waals surface area contributed by atoms with Crippen LogP contribution in [0.3, 0.4) is 0 Å². The Hall–Kier alpha value is -1.18. The summed E-state index contributed by atoms with van der Waals surface area (Å²) in [6.45, 7) is 0. The topological polar surface area (TPSA) is 47.7 Å². The van der Waals surface area contributed by atoms with Gasteiger partial charge in [0.25, 0.3) is 0 Å². The molecule has 1 rings (SSSR count). The maximum atomic E-state index is 7.26. The zero-order valence-corrected chi connectivity index (χ0v) is 4.96. The molecule has 46 valence electrons. The SMILES string of the molecule is N=CC1C=CC=CC1=N. The van der Waals surface area contributed by atoms with E-state index in [0.29, 0.717) is 5.71 Å². The minimum absolute atomic E-state index is 0.0880.